The number of nitrogens with two attached hydrogens (primary N) is 1. The normalized spacial score (nSPS) is 10.8. The minimum atomic E-state index is -0.219. The van der Waals surface area contributed by atoms with Crippen molar-refractivity contribution in [3.63, 3.8) is 0 Å². The highest BCUT2D eigenvalue weighted by atomic mass is 32.1. The number of amides is 1. The monoisotopic (exact) mass is 349 g/mol. The van der Waals surface area contributed by atoms with Crippen LogP contribution in [0, 0.1) is 0 Å². The number of aromatic nitrogens is 1. The third-order valence-electron chi connectivity index (χ3n) is 3.17. The Bertz CT molecular complexity index is 646. The molecule has 1 aromatic carbocycles. The highest BCUT2D eigenvalue weighted by molar-refractivity contribution is 7.09. The second-order valence-corrected chi connectivity index (χ2v) is 6.01. The lowest BCUT2D eigenvalue weighted by atomic mass is 10.2. The van der Waals surface area contributed by atoms with Crippen molar-refractivity contribution in [2.75, 3.05) is 31.7 Å². The molecule has 0 fully saturated rings. The Morgan fingerprint density at radius 1 is 1.33 bits per heavy atom. The molecule has 0 radical (unpaired) electrons. The average molecular weight is 349 g/mol. The van der Waals surface area contributed by atoms with Crippen molar-refractivity contribution in [2.24, 2.45) is 5.73 Å². The van der Waals surface area contributed by atoms with Crippen LogP contribution in [0.25, 0.3) is 0 Å². The van der Waals surface area contributed by atoms with Crippen molar-refractivity contribution < 1.29 is 14.3 Å². The lowest BCUT2D eigenvalue weighted by molar-refractivity contribution is 0.0453. The van der Waals surface area contributed by atoms with Crippen molar-refractivity contribution >= 4 is 22.9 Å². The van der Waals surface area contributed by atoms with Crippen LogP contribution in [0.5, 0.6) is 0 Å². The Morgan fingerprint density at radius 3 is 2.96 bits per heavy atom. The summed E-state index contributed by atoms with van der Waals surface area (Å²) in [6.07, 6.45) is 0.687. The summed E-state index contributed by atoms with van der Waals surface area (Å²) in [5, 5.41) is 5.48. The second-order valence-electron chi connectivity index (χ2n) is 5.07. The largest absolute Gasteiger partial charge is 0.379 e. The number of benzene rings is 1. The van der Waals surface area contributed by atoms with E-state index in [9.17, 15) is 4.79 Å². The lowest BCUT2D eigenvalue weighted by Crippen LogP contribution is -2.13. The summed E-state index contributed by atoms with van der Waals surface area (Å²) in [5.41, 5.74) is 7.63. The van der Waals surface area contributed by atoms with Crippen LogP contribution in [-0.4, -0.2) is 37.3 Å². The first-order valence-corrected chi connectivity index (χ1v) is 8.81. The van der Waals surface area contributed by atoms with Gasteiger partial charge in [0.25, 0.3) is 5.91 Å². The van der Waals surface area contributed by atoms with E-state index in [-0.39, 0.29) is 5.91 Å². The molecular weight excluding hydrogens is 326 g/mol. The van der Waals surface area contributed by atoms with E-state index in [4.69, 9.17) is 15.2 Å². The second kappa shape index (κ2) is 10.1. The van der Waals surface area contributed by atoms with Crippen LogP contribution in [0.15, 0.2) is 29.6 Å². The van der Waals surface area contributed by atoms with E-state index in [1.165, 1.54) is 11.3 Å². The summed E-state index contributed by atoms with van der Waals surface area (Å²) < 4.78 is 10.8. The van der Waals surface area contributed by atoms with Crippen LogP contribution in [0.1, 0.15) is 28.0 Å². The van der Waals surface area contributed by atoms with Crippen LogP contribution in [0.2, 0.25) is 0 Å². The maximum absolute atomic E-state index is 12.2. The molecule has 1 heterocycles. The van der Waals surface area contributed by atoms with Gasteiger partial charge in [-0.05, 0) is 31.2 Å². The number of nitrogens with one attached hydrogen (secondary N) is 1. The molecule has 130 valence electrons. The van der Waals surface area contributed by atoms with E-state index in [0.29, 0.717) is 45.1 Å². The summed E-state index contributed by atoms with van der Waals surface area (Å²) in [6.45, 7) is 4.78. The van der Waals surface area contributed by atoms with Crippen molar-refractivity contribution in [1.82, 2.24) is 4.98 Å². The number of carbonyl (C=O) groups is 1. The first kappa shape index (κ1) is 18.5. The van der Waals surface area contributed by atoms with Crippen molar-refractivity contribution in [2.45, 2.75) is 20.0 Å². The van der Waals surface area contributed by atoms with Gasteiger partial charge in [0.1, 0.15) is 5.69 Å². The van der Waals surface area contributed by atoms with Gasteiger partial charge in [0, 0.05) is 24.1 Å². The number of hydrogen-bond donors (Lipinski definition) is 2. The van der Waals surface area contributed by atoms with Crippen LogP contribution in [0.3, 0.4) is 0 Å². The van der Waals surface area contributed by atoms with Crippen LogP contribution >= 0.6 is 11.3 Å². The van der Waals surface area contributed by atoms with E-state index < -0.39 is 0 Å². The number of hydrogen-bond acceptors (Lipinski definition) is 6. The Kier molecular flexibility index (Phi) is 7.84. The zero-order chi connectivity index (χ0) is 17.2. The van der Waals surface area contributed by atoms with Gasteiger partial charge in [0.05, 0.1) is 24.8 Å². The molecular formula is C17H23N3O3S. The van der Waals surface area contributed by atoms with Crippen molar-refractivity contribution in [1.29, 1.82) is 0 Å². The lowest BCUT2D eigenvalue weighted by Gasteiger charge is -2.07. The SMILES string of the molecule is CCOCCOCc1cccc(NC(=O)c2csc(CCN)n2)c1. The van der Waals surface area contributed by atoms with Gasteiger partial charge < -0.3 is 20.5 Å². The minimum absolute atomic E-state index is 0.219. The van der Waals surface area contributed by atoms with Gasteiger partial charge in [-0.1, -0.05) is 12.1 Å². The predicted molar refractivity (Wildman–Crippen MR) is 95.4 cm³/mol. The first-order valence-electron chi connectivity index (χ1n) is 7.93. The standard InChI is InChI=1S/C17H23N3O3S/c1-2-22-8-9-23-11-13-4-3-5-14(10-13)19-17(21)15-12-24-16(20-15)6-7-18/h3-5,10,12H,2,6-9,11,18H2,1H3,(H,19,21). The fourth-order valence-electron chi connectivity index (χ4n) is 2.04. The molecule has 2 aromatic rings. The Morgan fingerprint density at radius 2 is 2.17 bits per heavy atom. The molecule has 0 saturated heterocycles. The van der Waals surface area contributed by atoms with Gasteiger partial charge in [0.2, 0.25) is 0 Å². The maximum Gasteiger partial charge on any atom is 0.275 e. The molecule has 0 spiro atoms. The summed E-state index contributed by atoms with van der Waals surface area (Å²) in [7, 11) is 0. The number of nitrogens with zero attached hydrogens (tertiary/aromatic N) is 1. The summed E-state index contributed by atoms with van der Waals surface area (Å²) in [5.74, 6) is -0.219. The van der Waals surface area contributed by atoms with Gasteiger partial charge in [-0.15, -0.1) is 11.3 Å². The molecule has 0 aliphatic heterocycles. The summed E-state index contributed by atoms with van der Waals surface area (Å²) in [6, 6.07) is 7.58. The molecule has 0 atom stereocenters. The van der Waals surface area contributed by atoms with E-state index in [0.717, 1.165) is 16.3 Å². The van der Waals surface area contributed by atoms with E-state index >= 15 is 0 Å². The Balaban J connectivity index is 1.87. The minimum Gasteiger partial charge on any atom is -0.379 e. The van der Waals surface area contributed by atoms with Gasteiger partial charge in [-0.3, -0.25) is 4.79 Å². The predicted octanol–water partition coefficient (Wildman–Crippen LogP) is 2.45. The smallest absolute Gasteiger partial charge is 0.275 e. The number of ether oxygens (including phenoxy) is 2. The molecule has 0 saturated carbocycles. The number of carbonyl (C=O) groups excluding carboxylic acids is 1. The molecule has 24 heavy (non-hydrogen) atoms. The highest BCUT2D eigenvalue weighted by Crippen LogP contribution is 2.15. The third-order valence-corrected chi connectivity index (χ3v) is 4.08. The van der Waals surface area contributed by atoms with Crippen LogP contribution in [-0.2, 0) is 22.5 Å². The maximum atomic E-state index is 12.2. The number of thiazole rings is 1. The van der Waals surface area contributed by atoms with Crippen LogP contribution in [0.4, 0.5) is 5.69 Å². The van der Waals surface area contributed by atoms with E-state index in [2.05, 4.69) is 10.3 Å². The topological polar surface area (TPSA) is 86.5 Å². The first-order chi connectivity index (χ1) is 11.7. The molecule has 7 heteroatoms. The molecule has 1 amide bonds. The van der Waals surface area contributed by atoms with Crippen molar-refractivity contribution in [3.05, 3.63) is 45.9 Å². The van der Waals surface area contributed by atoms with E-state index in [1.807, 2.05) is 31.2 Å². The van der Waals surface area contributed by atoms with Gasteiger partial charge >= 0.3 is 0 Å². The molecule has 2 rings (SSSR count). The fraction of sp³-hybridized carbons (Fsp3) is 0.412. The molecule has 3 N–H and O–H groups in total. The third kappa shape index (κ3) is 6.01. The zero-order valence-corrected chi connectivity index (χ0v) is 14.6. The van der Waals surface area contributed by atoms with Gasteiger partial charge in [0.15, 0.2) is 0 Å². The number of anilines is 1. The highest BCUT2D eigenvalue weighted by Gasteiger charge is 2.11. The molecule has 1 aromatic heterocycles. The molecule has 6 nitrogen and oxygen atoms in total. The van der Waals surface area contributed by atoms with Gasteiger partial charge in [-0.2, -0.15) is 0 Å². The quantitative estimate of drug-likeness (QED) is 0.644. The van der Waals surface area contributed by atoms with Gasteiger partial charge in [-0.25, -0.2) is 4.98 Å². The molecule has 0 aliphatic carbocycles. The Labute approximate surface area is 146 Å². The molecule has 0 unspecified atom stereocenters. The number of rotatable bonds is 10. The summed E-state index contributed by atoms with van der Waals surface area (Å²) in [4.78, 5) is 16.5. The summed E-state index contributed by atoms with van der Waals surface area (Å²) >= 11 is 1.45. The zero-order valence-electron chi connectivity index (χ0n) is 13.8. The van der Waals surface area contributed by atoms with Crippen molar-refractivity contribution in [3.8, 4) is 0 Å². The molecule has 0 aliphatic rings. The average Bonchev–Trinajstić information content (AvgIpc) is 3.04. The van der Waals surface area contributed by atoms with E-state index in [1.54, 1.807) is 5.38 Å². The Hall–Kier alpha value is -1.80. The fourth-order valence-corrected chi connectivity index (χ4v) is 2.83. The molecule has 0 bridgehead atoms. The van der Waals surface area contributed by atoms with Crippen LogP contribution < -0.4 is 11.1 Å².